The minimum atomic E-state index is -3.53. The Balaban J connectivity index is 1.89. The lowest BCUT2D eigenvalue weighted by Crippen LogP contribution is -2.17. The molecule has 0 atom stereocenters. The Kier molecular flexibility index (Phi) is 4.94. The van der Waals surface area contributed by atoms with Crippen molar-refractivity contribution < 1.29 is 17.6 Å². The van der Waals surface area contributed by atoms with Gasteiger partial charge in [-0.2, -0.15) is 0 Å². The van der Waals surface area contributed by atoms with Crippen LogP contribution >= 0.6 is 0 Å². The molecule has 0 aromatic carbocycles. The first-order valence-electron chi connectivity index (χ1n) is 6.27. The smallest absolute Gasteiger partial charge is 0.273 e. The van der Waals surface area contributed by atoms with Gasteiger partial charge in [0.05, 0.1) is 13.7 Å². The minimum Gasteiger partial charge on any atom is -0.481 e. The maximum atomic E-state index is 11.5. The maximum absolute atomic E-state index is 11.5. The van der Waals surface area contributed by atoms with Crippen molar-refractivity contribution >= 4 is 10.0 Å². The maximum Gasteiger partial charge on any atom is 0.273 e. The van der Waals surface area contributed by atoms with Crippen LogP contribution in [0.2, 0.25) is 0 Å². The number of sulfonamides is 1. The standard InChI is InChI=1S/C13H17N3O4S/c1-14-21(17,18)13-6-4-11(20-13)9-15-7-10-3-5-12(19-2)16-8-10/h3-6,8,14-15H,7,9H2,1-2H3. The van der Waals surface area contributed by atoms with Crippen LogP contribution in [0.3, 0.4) is 0 Å². The Hall–Kier alpha value is -1.90. The van der Waals surface area contributed by atoms with E-state index >= 15 is 0 Å². The normalized spacial score (nSPS) is 11.5. The van der Waals surface area contributed by atoms with Crippen molar-refractivity contribution in [3.8, 4) is 5.88 Å². The molecule has 0 saturated heterocycles. The zero-order chi connectivity index (χ0) is 15.3. The second kappa shape index (κ2) is 6.70. The number of furan rings is 1. The molecule has 2 N–H and O–H groups in total. The van der Waals surface area contributed by atoms with Crippen molar-refractivity contribution in [2.45, 2.75) is 18.2 Å². The van der Waals surface area contributed by atoms with E-state index in [1.165, 1.54) is 13.1 Å². The first kappa shape index (κ1) is 15.5. The van der Waals surface area contributed by atoms with Crippen molar-refractivity contribution in [3.63, 3.8) is 0 Å². The quantitative estimate of drug-likeness (QED) is 0.788. The van der Waals surface area contributed by atoms with E-state index in [0.717, 1.165) is 5.56 Å². The summed E-state index contributed by atoms with van der Waals surface area (Å²) < 4.78 is 35.5. The fourth-order valence-corrected chi connectivity index (χ4v) is 2.33. The Morgan fingerprint density at radius 2 is 2.05 bits per heavy atom. The highest BCUT2D eigenvalue weighted by atomic mass is 32.2. The summed E-state index contributed by atoms with van der Waals surface area (Å²) in [7, 11) is -0.627. The third-order valence-corrected chi connectivity index (χ3v) is 4.09. The SMILES string of the molecule is CNS(=O)(=O)c1ccc(CNCc2ccc(OC)nc2)o1. The Bertz CT molecular complexity index is 680. The van der Waals surface area contributed by atoms with Crippen LogP contribution < -0.4 is 14.8 Å². The van der Waals surface area contributed by atoms with Crippen molar-refractivity contribution in [1.29, 1.82) is 0 Å². The zero-order valence-corrected chi connectivity index (χ0v) is 12.6. The topological polar surface area (TPSA) is 93.5 Å². The molecule has 0 radical (unpaired) electrons. The molecule has 0 bridgehead atoms. The fourth-order valence-electron chi connectivity index (χ4n) is 1.66. The van der Waals surface area contributed by atoms with Crippen LogP contribution in [0.5, 0.6) is 5.88 Å². The lowest BCUT2D eigenvalue weighted by Gasteiger charge is -2.04. The van der Waals surface area contributed by atoms with Gasteiger partial charge in [0.1, 0.15) is 5.76 Å². The molecule has 21 heavy (non-hydrogen) atoms. The predicted molar refractivity (Wildman–Crippen MR) is 76.3 cm³/mol. The number of ether oxygens (including phenoxy) is 1. The van der Waals surface area contributed by atoms with Gasteiger partial charge in [-0.05, 0) is 24.7 Å². The molecular formula is C13H17N3O4S. The van der Waals surface area contributed by atoms with Gasteiger partial charge in [-0.3, -0.25) is 0 Å². The molecule has 0 unspecified atom stereocenters. The number of rotatable bonds is 7. The molecule has 0 aliphatic heterocycles. The molecule has 2 aromatic heterocycles. The monoisotopic (exact) mass is 311 g/mol. The average Bonchev–Trinajstić information content (AvgIpc) is 2.98. The highest BCUT2D eigenvalue weighted by Crippen LogP contribution is 2.13. The summed E-state index contributed by atoms with van der Waals surface area (Å²) in [5.41, 5.74) is 0.991. The molecule has 2 heterocycles. The second-order valence-electron chi connectivity index (χ2n) is 4.24. The summed E-state index contributed by atoms with van der Waals surface area (Å²) in [5.74, 6) is 1.11. The summed E-state index contributed by atoms with van der Waals surface area (Å²) in [6.45, 7) is 1.01. The fraction of sp³-hybridized carbons (Fsp3) is 0.308. The molecule has 0 saturated carbocycles. The number of hydrogen-bond donors (Lipinski definition) is 2. The number of aromatic nitrogens is 1. The lowest BCUT2D eigenvalue weighted by atomic mass is 10.3. The Morgan fingerprint density at radius 1 is 1.24 bits per heavy atom. The van der Waals surface area contributed by atoms with Crippen molar-refractivity contribution in [1.82, 2.24) is 15.0 Å². The summed E-state index contributed by atoms with van der Waals surface area (Å²) in [4.78, 5) is 4.10. The van der Waals surface area contributed by atoms with Gasteiger partial charge < -0.3 is 14.5 Å². The Morgan fingerprint density at radius 3 is 2.67 bits per heavy atom. The number of nitrogens with zero attached hydrogens (tertiary/aromatic N) is 1. The van der Waals surface area contributed by atoms with Gasteiger partial charge in [0.25, 0.3) is 10.0 Å². The predicted octanol–water partition coefficient (Wildman–Crippen LogP) is 0.881. The van der Waals surface area contributed by atoms with E-state index in [4.69, 9.17) is 9.15 Å². The number of methoxy groups -OCH3 is 1. The molecule has 7 nitrogen and oxygen atoms in total. The van der Waals surface area contributed by atoms with E-state index in [9.17, 15) is 8.42 Å². The highest BCUT2D eigenvalue weighted by Gasteiger charge is 2.15. The van der Waals surface area contributed by atoms with Gasteiger partial charge in [0, 0.05) is 18.8 Å². The van der Waals surface area contributed by atoms with Gasteiger partial charge in [-0.1, -0.05) is 6.07 Å². The molecule has 0 aliphatic rings. The second-order valence-corrected chi connectivity index (χ2v) is 6.06. The molecule has 2 aromatic rings. The van der Waals surface area contributed by atoms with Gasteiger partial charge >= 0.3 is 0 Å². The van der Waals surface area contributed by atoms with Crippen LogP contribution in [-0.2, 0) is 23.1 Å². The molecule has 0 spiro atoms. The first-order valence-corrected chi connectivity index (χ1v) is 7.75. The largest absolute Gasteiger partial charge is 0.481 e. The van der Waals surface area contributed by atoms with Gasteiger partial charge in [0.15, 0.2) is 0 Å². The van der Waals surface area contributed by atoms with Gasteiger partial charge in [-0.25, -0.2) is 18.1 Å². The van der Waals surface area contributed by atoms with Crippen LogP contribution in [0.25, 0.3) is 0 Å². The van der Waals surface area contributed by atoms with E-state index in [2.05, 4.69) is 15.0 Å². The van der Waals surface area contributed by atoms with Crippen LogP contribution in [0.1, 0.15) is 11.3 Å². The van der Waals surface area contributed by atoms with Gasteiger partial charge in [0.2, 0.25) is 11.0 Å². The van der Waals surface area contributed by atoms with Crippen LogP contribution in [0.4, 0.5) is 0 Å². The number of hydrogen-bond acceptors (Lipinski definition) is 6. The Labute approximate surface area is 123 Å². The van der Waals surface area contributed by atoms with E-state index in [1.807, 2.05) is 6.07 Å². The zero-order valence-electron chi connectivity index (χ0n) is 11.8. The summed E-state index contributed by atoms with van der Waals surface area (Å²) in [6, 6.07) is 6.74. The molecular weight excluding hydrogens is 294 g/mol. The van der Waals surface area contributed by atoms with Crippen LogP contribution in [0, 0.1) is 0 Å². The first-order chi connectivity index (χ1) is 10.0. The van der Waals surface area contributed by atoms with E-state index in [-0.39, 0.29) is 5.09 Å². The molecule has 114 valence electrons. The van der Waals surface area contributed by atoms with E-state index in [1.54, 1.807) is 25.4 Å². The summed E-state index contributed by atoms with van der Waals surface area (Å²) >= 11 is 0. The third-order valence-electron chi connectivity index (χ3n) is 2.81. The minimum absolute atomic E-state index is 0.0899. The third kappa shape index (κ3) is 4.03. The highest BCUT2D eigenvalue weighted by molar-refractivity contribution is 7.89. The average molecular weight is 311 g/mol. The molecule has 0 amide bonds. The molecule has 0 fully saturated rings. The van der Waals surface area contributed by atoms with Crippen LogP contribution in [-0.4, -0.2) is 27.6 Å². The molecule has 2 rings (SSSR count). The van der Waals surface area contributed by atoms with E-state index in [0.29, 0.717) is 24.7 Å². The van der Waals surface area contributed by atoms with Crippen molar-refractivity contribution in [2.24, 2.45) is 0 Å². The lowest BCUT2D eigenvalue weighted by molar-refractivity contribution is 0.396. The number of pyridine rings is 1. The molecule has 0 aliphatic carbocycles. The van der Waals surface area contributed by atoms with Crippen LogP contribution in [0.15, 0.2) is 40.0 Å². The van der Waals surface area contributed by atoms with E-state index < -0.39 is 10.0 Å². The summed E-state index contributed by atoms with van der Waals surface area (Å²) in [6.07, 6.45) is 1.71. The van der Waals surface area contributed by atoms with Gasteiger partial charge in [-0.15, -0.1) is 0 Å². The summed E-state index contributed by atoms with van der Waals surface area (Å²) in [5, 5.41) is 3.06. The van der Waals surface area contributed by atoms with Crippen molar-refractivity contribution in [3.05, 3.63) is 41.8 Å². The van der Waals surface area contributed by atoms with Crippen molar-refractivity contribution in [2.75, 3.05) is 14.2 Å². The number of nitrogens with one attached hydrogen (secondary N) is 2. The molecule has 8 heteroatoms.